The highest BCUT2D eigenvalue weighted by atomic mass is 16.5. The van der Waals surface area contributed by atoms with E-state index in [0.717, 1.165) is 16.7 Å². The maximum atomic E-state index is 13.0. The zero-order valence-corrected chi connectivity index (χ0v) is 18.0. The number of amides is 1. The van der Waals surface area contributed by atoms with Crippen molar-refractivity contribution in [3.05, 3.63) is 59.5 Å². The highest BCUT2D eigenvalue weighted by Gasteiger charge is 2.21. The zero-order valence-electron chi connectivity index (χ0n) is 18.0. The van der Waals surface area contributed by atoms with E-state index in [1.807, 2.05) is 57.2 Å². The summed E-state index contributed by atoms with van der Waals surface area (Å²) < 4.78 is 16.0. The molecule has 0 radical (unpaired) electrons. The fourth-order valence-electron chi connectivity index (χ4n) is 3.11. The number of hydrogen-bond acceptors (Lipinski definition) is 6. The van der Waals surface area contributed by atoms with Crippen molar-refractivity contribution < 1.29 is 18.8 Å². The van der Waals surface area contributed by atoms with Crippen LogP contribution in [-0.2, 0) is 17.8 Å². The summed E-state index contributed by atoms with van der Waals surface area (Å²) in [5.74, 6) is 2.11. The third kappa shape index (κ3) is 4.97. The molecule has 1 heterocycles. The Morgan fingerprint density at radius 1 is 1.07 bits per heavy atom. The van der Waals surface area contributed by atoms with Gasteiger partial charge in [-0.25, -0.2) is 0 Å². The van der Waals surface area contributed by atoms with Crippen LogP contribution in [0.25, 0.3) is 11.4 Å². The second-order valence-corrected chi connectivity index (χ2v) is 7.36. The highest BCUT2D eigenvalue weighted by Crippen LogP contribution is 2.28. The summed E-state index contributed by atoms with van der Waals surface area (Å²) in [6, 6.07) is 13.4. The second-order valence-electron chi connectivity index (χ2n) is 7.36. The summed E-state index contributed by atoms with van der Waals surface area (Å²) in [6.07, 6.45) is 0.234. The normalized spacial score (nSPS) is 10.9. The standard InChI is InChI=1S/C23H27N3O4/c1-15(2)26(22(27)13-17-8-11-19(28-4)20(12-17)29-5)14-21-24-23(25-30-21)18-9-6-16(3)7-10-18/h6-12,15H,13-14H2,1-5H3. The van der Waals surface area contributed by atoms with Crippen molar-refractivity contribution >= 4 is 5.91 Å². The monoisotopic (exact) mass is 409 g/mol. The van der Waals surface area contributed by atoms with E-state index in [1.165, 1.54) is 0 Å². The van der Waals surface area contributed by atoms with Gasteiger partial charge in [0.2, 0.25) is 17.6 Å². The van der Waals surface area contributed by atoms with E-state index in [9.17, 15) is 4.79 Å². The molecule has 7 heteroatoms. The van der Waals surface area contributed by atoms with E-state index < -0.39 is 0 Å². The molecule has 0 atom stereocenters. The van der Waals surface area contributed by atoms with Gasteiger partial charge in [0.25, 0.3) is 0 Å². The summed E-state index contributed by atoms with van der Waals surface area (Å²) in [4.78, 5) is 19.2. The number of methoxy groups -OCH3 is 2. The SMILES string of the molecule is COc1ccc(CC(=O)N(Cc2nc(-c3ccc(C)cc3)no2)C(C)C)cc1OC. The minimum Gasteiger partial charge on any atom is -0.493 e. The number of hydrogen-bond donors (Lipinski definition) is 0. The van der Waals surface area contributed by atoms with Crippen LogP contribution in [0, 0.1) is 6.92 Å². The maximum Gasteiger partial charge on any atom is 0.246 e. The lowest BCUT2D eigenvalue weighted by Gasteiger charge is -2.25. The van der Waals surface area contributed by atoms with Crippen molar-refractivity contribution in [2.24, 2.45) is 0 Å². The summed E-state index contributed by atoms with van der Waals surface area (Å²) in [6.45, 7) is 6.20. The lowest BCUT2D eigenvalue weighted by molar-refractivity contribution is -0.133. The lowest BCUT2D eigenvalue weighted by Crippen LogP contribution is -2.37. The van der Waals surface area contributed by atoms with Gasteiger partial charge in [-0.15, -0.1) is 0 Å². The Morgan fingerprint density at radius 3 is 2.40 bits per heavy atom. The highest BCUT2D eigenvalue weighted by molar-refractivity contribution is 5.79. The molecular weight excluding hydrogens is 382 g/mol. The van der Waals surface area contributed by atoms with Gasteiger partial charge in [-0.1, -0.05) is 41.1 Å². The molecule has 0 saturated carbocycles. The third-order valence-electron chi connectivity index (χ3n) is 4.83. The van der Waals surface area contributed by atoms with Gasteiger partial charge >= 0.3 is 0 Å². The molecule has 3 aromatic rings. The summed E-state index contributed by atoms with van der Waals surface area (Å²) >= 11 is 0. The number of benzene rings is 2. The second kappa shape index (κ2) is 9.43. The minimum atomic E-state index is -0.0349. The molecule has 0 bridgehead atoms. The van der Waals surface area contributed by atoms with Crippen LogP contribution >= 0.6 is 0 Å². The van der Waals surface area contributed by atoms with Crippen LogP contribution in [-0.4, -0.2) is 41.2 Å². The van der Waals surface area contributed by atoms with Crippen LogP contribution in [0.15, 0.2) is 47.0 Å². The average molecular weight is 409 g/mol. The van der Waals surface area contributed by atoms with Crippen LogP contribution in [0.1, 0.15) is 30.9 Å². The van der Waals surface area contributed by atoms with Crippen LogP contribution < -0.4 is 9.47 Å². The Bertz CT molecular complexity index is 996. The van der Waals surface area contributed by atoms with Crippen molar-refractivity contribution in [3.8, 4) is 22.9 Å². The van der Waals surface area contributed by atoms with Gasteiger partial charge in [0.05, 0.1) is 20.6 Å². The quantitative estimate of drug-likeness (QED) is 0.559. The fraction of sp³-hybridized carbons (Fsp3) is 0.348. The number of carbonyl (C=O) groups is 1. The number of nitrogens with zero attached hydrogens (tertiary/aromatic N) is 3. The first kappa shape index (κ1) is 21.4. The molecular formula is C23H27N3O4. The van der Waals surface area contributed by atoms with E-state index in [0.29, 0.717) is 23.2 Å². The van der Waals surface area contributed by atoms with Gasteiger partial charge in [-0.3, -0.25) is 4.79 Å². The van der Waals surface area contributed by atoms with Crippen molar-refractivity contribution in [2.75, 3.05) is 14.2 Å². The number of aromatic nitrogens is 2. The lowest BCUT2D eigenvalue weighted by atomic mass is 10.1. The van der Waals surface area contributed by atoms with Crippen molar-refractivity contribution in [1.29, 1.82) is 0 Å². The molecule has 0 spiro atoms. The van der Waals surface area contributed by atoms with Crippen LogP contribution in [0.3, 0.4) is 0 Å². The van der Waals surface area contributed by atoms with Crippen LogP contribution in [0.2, 0.25) is 0 Å². The van der Waals surface area contributed by atoms with Crippen LogP contribution in [0.5, 0.6) is 11.5 Å². The van der Waals surface area contributed by atoms with Gasteiger partial charge in [0.1, 0.15) is 6.54 Å². The van der Waals surface area contributed by atoms with Gasteiger partial charge in [0, 0.05) is 11.6 Å². The molecule has 0 aliphatic heterocycles. The summed E-state index contributed by atoms with van der Waals surface area (Å²) in [7, 11) is 3.16. The molecule has 158 valence electrons. The van der Waals surface area contributed by atoms with E-state index in [4.69, 9.17) is 14.0 Å². The summed E-state index contributed by atoms with van der Waals surface area (Å²) in [5.41, 5.74) is 2.88. The molecule has 1 amide bonds. The molecule has 1 aromatic heterocycles. The number of carbonyl (C=O) groups excluding carboxylic acids is 1. The Balaban J connectivity index is 1.73. The first-order valence-corrected chi connectivity index (χ1v) is 9.81. The third-order valence-corrected chi connectivity index (χ3v) is 4.83. The molecule has 3 rings (SSSR count). The first-order valence-electron chi connectivity index (χ1n) is 9.81. The maximum absolute atomic E-state index is 13.0. The molecule has 0 fully saturated rings. The Labute approximate surface area is 176 Å². The molecule has 0 aliphatic carbocycles. The Kier molecular flexibility index (Phi) is 6.72. The van der Waals surface area contributed by atoms with Crippen molar-refractivity contribution in [3.63, 3.8) is 0 Å². The number of ether oxygens (including phenoxy) is 2. The van der Waals surface area contributed by atoms with Gasteiger partial charge in [0.15, 0.2) is 11.5 Å². The van der Waals surface area contributed by atoms with E-state index in [-0.39, 0.29) is 24.9 Å². The number of rotatable bonds is 8. The topological polar surface area (TPSA) is 77.7 Å². The number of aryl methyl sites for hydroxylation is 1. The van der Waals surface area contributed by atoms with Gasteiger partial charge in [-0.05, 0) is 38.5 Å². The average Bonchev–Trinajstić information content (AvgIpc) is 3.20. The molecule has 0 saturated heterocycles. The molecule has 30 heavy (non-hydrogen) atoms. The van der Waals surface area contributed by atoms with E-state index >= 15 is 0 Å². The fourth-order valence-corrected chi connectivity index (χ4v) is 3.11. The Morgan fingerprint density at radius 2 is 1.77 bits per heavy atom. The molecule has 0 aliphatic rings. The molecule has 7 nitrogen and oxygen atoms in total. The smallest absolute Gasteiger partial charge is 0.246 e. The molecule has 2 aromatic carbocycles. The largest absolute Gasteiger partial charge is 0.493 e. The minimum absolute atomic E-state index is 0.0210. The van der Waals surface area contributed by atoms with E-state index in [2.05, 4.69) is 10.1 Å². The first-order chi connectivity index (χ1) is 14.4. The molecule has 0 N–H and O–H groups in total. The van der Waals surface area contributed by atoms with Crippen molar-refractivity contribution in [2.45, 2.75) is 39.8 Å². The van der Waals surface area contributed by atoms with Crippen molar-refractivity contribution in [1.82, 2.24) is 15.0 Å². The summed E-state index contributed by atoms with van der Waals surface area (Å²) in [5, 5.41) is 4.06. The van der Waals surface area contributed by atoms with Gasteiger partial charge in [-0.2, -0.15) is 4.98 Å². The van der Waals surface area contributed by atoms with E-state index in [1.54, 1.807) is 25.2 Å². The predicted molar refractivity (Wildman–Crippen MR) is 113 cm³/mol. The van der Waals surface area contributed by atoms with Gasteiger partial charge < -0.3 is 18.9 Å². The van der Waals surface area contributed by atoms with Crippen LogP contribution in [0.4, 0.5) is 0 Å². The predicted octanol–water partition coefficient (Wildman–Crippen LogP) is 4.04. The molecule has 0 unspecified atom stereocenters. The Hall–Kier alpha value is -3.35. The zero-order chi connectivity index (χ0) is 21.7.